The molecule has 27 heavy (non-hydrogen) atoms. The number of carbonyl (C=O) groups is 2. The minimum Gasteiger partial charge on any atom is -0.352 e. The molecule has 0 aliphatic carbocycles. The Morgan fingerprint density at radius 2 is 1.74 bits per heavy atom. The Balaban J connectivity index is 1.46. The number of nitrogens with one attached hydrogen (secondary N) is 2. The van der Waals surface area contributed by atoms with Crippen LogP contribution in [0.25, 0.3) is 0 Å². The quantitative estimate of drug-likeness (QED) is 0.655. The number of aryl methyl sites for hydroxylation is 1. The lowest BCUT2D eigenvalue weighted by atomic mass is 10.2. The van der Waals surface area contributed by atoms with Crippen LogP contribution in [0, 0.1) is 5.82 Å². The number of rotatable bonds is 7. The van der Waals surface area contributed by atoms with Crippen molar-refractivity contribution in [1.29, 1.82) is 0 Å². The first-order valence-electron chi connectivity index (χ1n) is 8.30. The van der Waals surface area contributed by atoms with Crippen molar-refractivity contribution >= 4 is 28.8 Å². The molecule has 0 spiro atoms. The summed E-state index contributed by atoms with van der Waals surface area (Å²) in [6.07, 6.45) is 0.670. The molecule has 6 nitrogen and oxygen atoms in total. The third kappa shape index (κ3) is 5.68. The first-order chi connectivity index (χ1) is 13.1. The van der Waals surface area contributed by atoms with Crippen molar-refractivity contribution in [3.05, 3.63) is 76.0 Å². The summed E-state index contributed by atoms with van der Waals surface area (Å²) in [4.78, 5) is 24.1. The zero-order valence-electron chi connectivity index (χ0n) is 14.3. The molecule has 1 heterocycles. The van der Waals surface area contributed by atoms with E-state index in [9.17, 15) is 14.0 Å². The van der Waals surface area contributed by atoms with E-state index < -0.39 is 5.91 Å². The van der Waals surface area contributed by atoms with Crippen LogP contribution in [0.1, 0.15) is 26.8 Å². The molecule has 8 heteroatoms. The van der Waals surface area contributed by atoms with Crippen molar-refractivity contribution in [3.8, 4) is 0 Å². The fourth-order valence-corrected chi connectivity index (χ4v) is 3.00. The van der Waals surface area contributed by atoms with Crippen molar-refractivity contribution in [2.24, 2.45) is 0 Å². The molecule has 138 valence electrons. The summed E-state index contributed by atoms with van der Waals surface area (Å²) >= 11 is 1.13. The Morgan fingerprint density at radius 1 is 1.00 bits per heavy atom. The van der Waals surface area contributed by atoms with E-state index in [1.807, 2.05) is 30.3 Å². The number of carbonyl (C=O) groups excluding carboxylic acids is 2. The lowest BCUT2D eigenvalue weighted by molar-refractivity contribution is -0.121. The van der Waals surface area contributed by atoms with Crippen LogP contribution in [-0.2, 0) is 17.8 Å². The highest BCUT2D eigenvalue weighted by Gasteiger charge is 2.14. The second-order valence-electron chi connectivity index (χ2n) is 5.72. The number of hydrogen-bond acceptors (Lipinski definition) is 5. The number of hydrogen-bond donors (Lipinski definition) is 2. The van der Waals surface area contributed by atoms with Gasteiger partial charge in [0, 0.05) is 25.1 Å². The highest BCUT2D eigenvalue weighted by atomic mass is 32.1. The Hall–Kier alpha value is -3.13. The molecule has 3 rings (SSSR count). The molecule has 0 aliphatic heterocycles. The molecule has 2 N–H and O–H groups in total. The fourth-order valence-electron chi connectivity index (χ4n) is 2.27. The van der Waals surface area contributed by atoms with E-state index in [1.165, 1.54) is 24.3 Å². The zero-order chi connectivity index (χ0) is 19.1. The van der Waals surface area contributed by atoms with Gasteiger partial charge in [0.25, 0.3) is 5.91 Å². The number of aromatic nitrogens is 2. The number of amides is 2. The van der Waals surface area contributed by atoms with Gasteiger partial charge in [-0.2, -0.15) is 0 Å². The van der Waals surface area contributed by atoms with E-state index in [-0.39, 0.29) is 23.2 Å². The maximum atomic E-state index is 12.9. The van der Waals surface area contributed by atoms with Crippen LogP contribution in [0.2, 0.25) is 0 Å². The largest absolute Gasteiger partial charge is 0.352 e. The van der Waals surface area contributed by atoms with Gasteiger partial charge in [-0.1, -0.05) is 41.7 Å². The van der Waals surface area contributed by atoms with Crippen molar-refractivity contribution in [2.75, 3.05) is 5.32 Å². The van der Waals surface area contributed by atoms with E-state index >= 15 is 0 Å². The smallest absolute Gasteiger partial charge is 0.286 e. The topological polar surface area (TPSA) is 84.0 Å². The zero-order valence-corrected chi connectivity index (χ0v) is 15.1. The van der Waals surface area contributed by atoms with Gasteiger partial charge in [-0.25, -0.2) is 4.39 Å². The van der Waals surface area contributed by atoms with Crippen LogP contribution in [0.15, 0.2) is 54.6 Å². The average molecular weight is 384 g/mol. The standard InChI is InChI=1S/C19H17FN4O2S/c20-14-6-8-15(9-7-14)22-18(26)19-24-23-17(27-19)11-10-16(25)21-12-13-4-2-1-3-5-13/h1-9H,10-12H2,(H,21,25)(H,22,26). The van der Waals surface area contributed by atoms with Crippen molar-refractivity contribution in [2.45, 2.75) is 19.4 Å². The maximum absolute atomic E-state index is 12.9. The van der Waals surface area contributed by atoms with E-state index in [4.69, 9.17) is 0 Å². The minimum atomic E-state index is -0.418. The SMILES string of the molecule is O=C(CCc1nnc(C(=O)Nc2ccc(F)cc2)s1)NCc1ccccc1. The molecule has 0 fully saturated rings. The van der Waals surface area contributed by atoms with Crippen LogP contribution < -0.4 is 10.6 Å². The number of nitrogens with zero attached hydrogens (tertiary/aromatic N) is 2. The van der Waals surface area contributed by atoms with Gasteiger partial charge >= 0.3 is 0 Å². The van der Waals surface area contributed by atoms with Gasteiger partial charge < -0.3 is 10.6 Å². The van der Waals surface area contributed by atoms with Gasteiger partial charge in [-0.3, -0.25) is 9.59 Å². The van der Waals surface area contributed by atoms with Crippen molar-refractivity contribution in [3.63, 3.8) is 0 Å². The Morgan fingerprint density at radius 3 is 2.48 bits per heavy atom. The second kappa shape index (κ2) is 9.00. The summed E-state index contributed by atoms with van der Waals surface area (Å²) in [6.45, 7) is 0.473. The van der Waals surface area contributed by atoms with Crippen molar-refractivity contribution in [1.82, 2.24) is 15.5 Å². The van der Waals surface area contributed by atoms with Gasteiger partial charge in [0.15, 0.2) is 0 Å². The normalized spacial score (nSPS) is 10.4. The summed E-state index contributed by atoms with van der Waals surface area (Å²) in [7, 11) is 0. The predicted molar refractivity (Wildman–Crippen MR) is 101 cm³/mol. The molecule has 0 atom stereocenters. The van der Waals surface area contributed by atoms with Gasteiger partial charge in [0.05, 0.1) is 0 Å². The summed E-state index contributed by atoms with van der Waals surface area (Å²) < 4.78 is 12.9. The Labute approximate surface area is 159 Å². The van der Waals surface area contributed by atoms with Crippen LogP contribution in [0.4, 0.5) is 10.1 Å². The molecule has 2 amide bonds. The molecular weight excluding hydrogens is 367 g/mol. The molecule has 0 bridgehead atoms. The molecule has 1 aromatic heterocycles. The van der Waals surface area contributed by atoms with E-state index in [0.29, 0.717) is 23.7 Å². The van der Waals surface area contributed by atoms with Crippen LogP contribution in [0.3, 0.4) is 0 Å². The third-order valence-electron chi connectivity index (χ3n) is 3.66. The van der Waals surface area contributed by atoms with Crippen LogP contribution >= 0.6 is 11.3 Å². The van der Waals surface area contributed by atoms with Crippen molar-refractivity contribution < 1.29 is 14.0 Å². The van der Waals surface area contributed by atoms with Crippen LogP contribution in [-0.4, -0.2) is 22.0 Å². The predicted octanol–water partition coefficient (Wildman–Crippen LogP) is 3.18. The first-order valence-corrected chi connectivity index (χ1v) is 9.12. The van der Waals surface area contributed by atoms with E-state index in [0.717, 1.165) is 16.9 Å². The molecule has 2 aromatic carbocycles. The Bertz CT molecular complexity index is 913. The maximum Gasteiger partial charge on any atom is 0.286 e. The number of anilines is 1. The molecule has 0 aliphatic rings. The molecule has 0 saturated heterocycles. The van der Waals surface area contributed by atoms with E-state index in [1.54, 1.807) is 0 Å². The summed E-state index contributed by atoms with van der Waals surface area (Å²) in [5.41, 5.74) is 1.50. The summed E-state index contributed by atoms with van der Waals surface area (Å²) in [5, 5.41) is 14.1. The molecular formula is C19H17FN4O2S. The highest BCUT2D eigenvalue weighted by Crippen LogP contribution is 2.15. The lowest BCUT2D eigenvalue weighted by Gasteiger charge is -2.04. The van der Waals surface area contributed by atoms with Gasteiger partial charge in [-0.15, -0.1) is 10.2 Å². The summed E-state index contributed by atoms with van der Waals surface area (Å²) in [6, 6.07) is 15.1. The average Bonchev–Trinajstić information content (AvgIpc) is 3.16. The van der Waals surface area contributed by atoms with Gasteiger partial charge in [-0.05, 0) is 29.8 Å². The summed E-state index contributed by atoms with van der Waals surface area (Å²) in [5.74, 6) is -0.887. The third-order valence-corrected chi connectivity index (χ3v) is 4.64. The molecule has 3 aromatic rings. The Kier molecular flexibility index (Phi) is 6.22. The number of halogens is 1. The monoisotopic (exact) mass is 384 g/mol. The minimum absolute atomic E-state index is 0.0913. The first kappa shape index (κ1) is 18.7. The number of benzene rings is 2. The van der Waals surface area contributed by atoms with Gasteiger partial charge in [0.1, 0.15) is 10.8 Å². The molecule has 0 radical (unpaired) electrons. The lowest BCUT2D eigenvalue weighted by Crippen LogP contribution is -2.22. The second-order valence-corrected chi connectivity index (χ2v) is 6.79. The fraction of sp³-hybridized carbons (Fsp3) is 0.158. The molecule has 0 unspecified atom stereocenters. The van der Waals surface area contributed by atoms with Gasteiger partial charge in [0.2, 0.25) is 10.9 Å². The molecule has 0 saturated carbocycles. The van der Waals surface area contributed by atoms with E-state index in [2.05, 4.69) is 20.8 Å². The van der Waals surface area contributed by atoms with Crippen LogP contribution in [0.5, 0.6) is 0 Å². The highest BCUT2D eigenvalue weighted by molar-refractivity contribution is 7.13.